The Balaban J connectivity index is 1.32. The van der Waals surface area contributed by atoms with Crippen molar-refractivity contribution in [1.29, 1.82) is 0 Å². The highest BCUT2D eigenvalue weighted by Gasteiger charge is 2.36. The normalized spacial score (nSPS) is 18.9. The molecule has 2 aliphatic heterocycles. The van der Waals surface area contributed by atoms with Gasteiger partial charge in [-0.1, -0.05) is 48.5 Å². The topological polar surface area (TPSA) is 60.9 Å². The van der Waals surface area contributed by atoms with Crippen molar-refractivity contribution in [1.82, 2.24) is 4.90 Å². The lowest BCUT2D eigenvalue weighted by atomic mass is 9.84. The maximum atomic E-state index is 13.3. The van der Waals surface area contributed by atoms with Gasteiger partial charge in [-0.2, -0.15) is 0 Å². The second-order valence-electron chi connectivity index (χ2n) is 9.57. The Labute approximate surface area is 202 Å². The molecule has 0 unspecified atom stereocenters. The van der Waals surface area contributed by atoms with Gasteiger partial charge in [-0.05, 0) is 74.5 Å². The molecule has 0 aliphatic carbocycles. The first kappa shape index (κ1) is 23.1. The van der Waals surface area contributed by atoms with E-state index < -0.39 is 15.4 Å². The van der Waals surface area contributed by atoms with E-state index in [1.54, 1.807) is 18.2 Å². The van der Waals surface area contributed by atoms with Crippen LogP contribution >= 0.6 is 0 Å². The molecular weight excluding hydrogens is 444 g/mol. The van der Waals surface area contributed by atoms with Crippen LogP contribution in [0, 0.1) is 13.8 Å². The Kier molecular flexibility index (Phi) is 6.00. The first-order chi connectivity index (χ1) is 16.3. The molecule has 0 bridgehead atoms. The van der Waals surface area contributed by atoms with Gasteiger partial charge in [0.1, 0.15) is 0 Å². The van der Waals surface area contributed by atoms with Crippen molar-refractivity contribution < 1.29 is 13.5 Å². The molecule has 1 fully saturated rings. The van der Waals surface area contributed by atoms with E-state index in [4.69, 9.17) is 0 Å². The van der Waals surface area contributed by atoms with E-state index in [1.165, 1.54) is 0 Å². The van der Waals surface area contributed by atoms with E-state index in [0.717, 1.165) is 73.5 Å². The lowest BCUT2D eigenvalue weighted by Crippen LogP contribution is -2.43. The van der Waals surface area contributed by atoms with Crippen LogP contribution in [0.2, 0.25) is 0 Å². The maximum Gasteiger partial charge on any atom is 0.210 e. The molecule has 5 rings (SSSR count). The van der Waals surface area contributed by atoms with Crippen molar-refractivity contribution in [2.75, 3.05) is 31.1 Å². The summed E-state index contributed by atoms with van der Waals surface area (Å²) in [5.74, 6) is 0. The van der Waals surface area contributed by atoms with E-state index in [2.05, 4.69) is 9.80 Å². The third-order valence-corrected chi connectivity index (χ3v) is 9.35. The number of rotatable bonds is 5. The summed E-state index contributed by atoms with van der Waals surface area (Å²) >= 11 is 0. The van der Waals surface area contributed by atoms with Crippen molar-refractivity contribution in [3.05, 3.63) is 83.4 Å². The van der Waals surface area contributed by atoms with Gasteiger partial charge in [0.2, 0.25) is 9.84 Å². The maximum absolute atomic E-state index is 13.3. The third kappa shape index (κ3) is 3.94. The van der Waals surface area contributed by atoms with Crippen LogP contribution in [-0.2, 0) is 15.4 Å². The van der Waals surface area contributed by atoms with Crippen LogP contribution in [0.3, 0.4) is 0 Å². The highest BCUT2D eigenvalue weighted by atomic mass is 32.2. The molecule has 2 aliphatic rings. The van der Waals surface area contributed by atoms with Crippen LogP contribution in [0.4, 0.5) is 11.4 Å². The number of anilines is 2. The molecule has 1 saturated heterocycles. The second kappa shape index (κ2) is 8.84. The van der Waals surface area contributed by atoms with Crippen molar-refractivity contribution >= 4 is 21.2 Å². The molecule has 178 valence electrons. The summed E-state index contributed by atoms with van der Waals surface area (Å²) in [5, 5.41) is 11.1. The van der Waals surface area contributed by atoms with E-state index in [-0.39, 0.29) is 0 Å². The fourth-order valence-corrected chi connectivity index (χ4v) is 7.06. The minimum absolute atomic E-state index is 0.386. The van der Waals surface area contributed by atoms with E-state index >= 15 is 0 Å². The zero-order valence-electron chi connectivity index (χ0n) is 19.9. The SMILES string of the molecule is Cc1ccc2c(c1C)N(CCCN1CCC(O)(c3ccccc3)CC1)c1ccccc1S2(=O)=O. The predicted octanol–water partition coefficient (Wildman–Crippen LogP) is 4.96. The Hall–Kier alpha value is -2.67. The molecule has 1 N–H and O–H groups in total. The minimum atomic E-state index is -3.54. The largest absolute Gasteiger partial charge is 0.385 e. The van der Waals surface area contributed by atoms with Crippen LogP contribution in [-0.4, -0.2) is 44.6 Å². The van der Waals surface area contributed by atoms with Gasteiger partial charge in [-0.15, -0.1) is 0 Å². The van der Waals surface area contributed by atoms with Crippen LogP contribution in [0.25, 0.3) is 0 Å². The highest BCUT2D eigenvalue weighted by Crippen LogP contribution is 2.46. The number of aryl methyl sites for hydroxylation is 1. The summed E-state index contributed by atoms with van der Waals surface area (Å²) in [7, 11) is -3.54. The number of para-hydroxylation sites is 1. The minimum Gasteiger partial charge on any atom is -0.385 e. The molecule has 0 amide bonds. The zero-order chi connectivity index (χ0) is 23.9. The van der Waals surface area contributed by atoms with Gasteiger partial charge >= 0.3 is 0 Å². The fraction of sp³-hybridized carbons (Fsp3) is 0.357. The van der Waals surface area contributed by atoms with Crippen molar-refractivity contribution in [3.8, 4) is 0 Å². The smallest absolute Gasteiger partial charge is 0.210 e. The van der Waals surface area contributed by atoms with Crippen LogP contribution in [0.5, 0.6) is 0 Å². The van der Waals surface area contributed by atoms with Crippen LogP contribution in [0.15, 0.2) is 76.5 Å². The van der Waals surface area contributed by atoms with Crippen LogP contribution < -0.4 is 4.90 Å². The van der Waals surface area contributed by atoms with Crippen LogP contribution in [0.1, 0.15) is 36.0 Å². The Morgan fingerprint density at radius 1 is 0.853 bits per heavy atom. The lowest BCUT2D eigenvalue weighted by Gasteiger charge is -2.39. The summed E-state index contributed by atoms with van der Waals surface area (Å²) < 4.78 is 26.7. The summed E-state index contributed by atoms with van der Waals surface area (Å²) in [6, 6.07) is 21.0. The van der Waals surface area contributed by atoms with Gasteiger partial charge in [0.05, 0.1) is 26.8 Å². The number of piperidine rings is 1. The fourth-order valence-electron chi connectivity index (χ4n) is 5.34. The van der Waals surface area contributed by atoms with Gasteiger partial charge in [-0.3, -0.25) is 0 Å². The van der Waals surface area contributed by atoms with Gasteiger partial charge in [0, 0.05) is 19.6 Å². The molecule has 6 heteroatoms. The lowest BCUT2D eigenvalue weighted by molar-refractivity contribution is -0.0258. The standard InChI is InChI=1S/C28H32N2O3S/c1-21-13-14-26-27(22(21)2)30(24-11-6-7-12-25(24)34(26,32)33)18-8-17-29-19-15-28(31,16-20-29)23-9-4-3-5-10-23/h3-7,9-14,31H,8,15-20H2,1-2H3. The summed E-state index contributed by atoms with van der Waals surface area (Å²) in [6.45, 7) is 7.40. The number of aliphatic hydroxyl groups is 1. The predicted molar refractivity (Wildman–Crippen MR) is 135 cm³/mol. The first-order valence-corrected chi connectivity index (χ1v) is 13.5. The van der Waals surface area contributed by atoms with Crippen molar-refractivity contribution in [2.24, 2.45) is 0 Å². The molecule has 0 radical (unpaired) electrons. The molecule has 3 aromatic carbocycles. The van der Waals surface area contributed by atoms with E-state index in [1.807, 2.05) is 62.4 Å². The number of nitrogens with zero attached hydrogens (tertiary/aromatic N) is 2. The Bertz CT molecular complexity index is 1300. The third-order valence-electron chi connectivity index (χ3n) is 7.52. The van der Waals surface area contributed by atoms with E-state index in [0.29, 0.717) is 9.79 Å². The molecule has 0 spiro atoms. The van der Waals surface area contributed by atoms with Gasteiger partial charge in [0.15, 0.2) is 0 Å². The molecule has 5 nitrogen and oxygen atoms in total. The monoisotopic (exact) mass is 476 g/mol. The summed E-state index contributed by atoms with van der Waals surface area (Å²) in [4.78, 5) is 5.39. The number of fused-ring (bicyclic) bond motifs is 2. The number of likely N-dealkylation sites (tertiary alicyclic amines) is 1. The molecule has 2 heterocycles. The quantitative estimate of drug-likeness (QED) is 0.564. The molecule has 0 saturated carbocycles. The Morgan fingerprint density at radius 2 is 1.53 bits per heavy atom. The second-order valence-corrected chi connectivity index (χ2v) is 11.5. The van der Waals surface area contributed by atoms with Gasteiger partial charge < -0.3 is 14.9 Å². The number of hydrogen-bond acceptors (Lipinski definition) is 5. The van der Waals surface area contributed by atoms with Crippen molar-refractivity contribution in [2.45, 2.75) is 48.5 Å². The number of sulfone groups is 1. The average Bonchev–Trinajstić information content (AvgIpc) is 2.85. The Morgan fingerprint density at radius 3 is 2.26 bits per heavy atom. The van der Waals surface area contributed by atoms with Gasteiger partial charge in [-0.25, -0.2) is 8.42 Å². The first-order valence-electron chi connectivity index (χ1n) is 12.0. The molecule has 0 atom stereocenters. The van der Waals surface area contributed by atoms with Gasteiger partial charge in [0.25, 0.3) is 0 Å². The van der Waals surface area contributed by atoms with E-state index in [9.17, 15) is 13.5 Å². The molecular formula is C28H32N2O3S. The summed E-state index contributed by atoms with van der Waals surface area (Å²) in [6.07, 6.45) is 2.36. The molecule has 0 aromatic heterocycles. The van der Waals surface area contributed by atoms with Crippen molar-refractivity contribution in [3.63, 3.8) is 0 Å². The number of benzene rings is 3. The average molecular weight is 477 g/mol. The summed E-state index contributed by atoms with van der Waals surface area (Å²) in [5.41, 5.74) is 3.95. The molecule has 3 aromatic rings. The highest BCUT2D eigenvalue weighted by molar-refractivity contribution is 7.92. The molecule has 34 heavy (non-hydrogen) atoms. The zero-order valence-corrected chi connectivity index (χ0v) is 20.7. The number of hydrogen-bond donors (Lipinski definition) is 1.